The highest BCUT2D eigenvalue weighted by Gasteiger charge is 2.58. The summed E-state index contributed by atoms with van der Waals surface area (Å²) < 4.78 is 36.2. The number of carbonyl (C=O) groups excluding carboxylic acids is 1. The second kappa shape index (κ2) is 5.07. The maximum absolute atomic E-state index is 11.8. The zero-order chi connectivity index (χ0) is 14.8. The molecule has 9 nitrogen and oxygen atoms in total. The van der Waals surface area contributed by atoms with E-state index in [9.17, 15) is 17.8 Å². The topological polar surface area (TPSA) is 118 Å². The molecule has 0 amide bonds. The second-order valence-corrected chi connectivity index (χ2v) is 5.11. The van der Waals surface area contributed by atoms with Crippen molar-refractivity contribution in [2.75, 3.05) is 6.61 Å². The van der Waals surface area contributed by atoms with Crippen molar-refractivity contribution in [3.63, 3.8) is 0 Å². The third kappa shape index (κ3) is 2.09. The zero-order valence-electron chi connectivity index (χ0n) is 10.4. The van der Waals surface area contributed by atoms with Gasteiger partial charge >= 0.3 is 22.1 Å². The third-order valence-corrected chi connectivity index (χ3v) is 3.62. The molecule has 0 aromatic heterocycles. The Balaban J connectivity index is 2.64. The maximum Gasteiger partial charge on any atom is 0.471 e. The van der Waals surface area contributed by atoms with E-state index >= 15 is 0 Å². The molecule has 10 heteroatoms. The quantitative estimate of drug-likeness (QED) is 0.506. The van der Waals surface area contributed by atoms with Gasteiger partial charge in [0.05, 0.1) is 11.8 Å². The van der Waals surface area contributed by atoms with E-state index in [0.29, 0.717) is 0 Å². The summed E-state index contributed by atoms with van der Waals surface area (Å²) in [6.45, 7) is 1.56. The van der Waals surface area contributed by atoms with Crippen LogP contribution < -0.4 is 4.00 Å². The molecule has 1 unspecified atom stereocenters. The van der Waals surface area contributed by atoms with Crippen LogP contribution >= 0.6 is 0 Å². The zero-order valence-corrected chi connectivity index (χ0v) is 11.2. The Hall–Kier alpha value is -2.17. The fourth-order valence-electron chi connectivity index (χ4n) is 1.67. The van der Waals surface area contributed by atoms with Crippen molar-refractivity contribution in [3.05, 3.63) is 30.3 Å². The number of ether oxygens (including phenoxy) is 1. The van der Waals surface area contributed by atoms with E-state index < -0.39 is 26.1 Å². The van der Waals surface area contributed by atoms with Crippen molar-refractivity contribution in [1.29, 1.82) is 0 Å². The Morgan fingerprint density at radius 1 is 1.35 bits per heavy atom. The van der Waals surface area contributed by atoms with Crippen molar-refractivity contribution in [3.8, 4) is 0 Å². The van der Waals surface area contributed by atoms with Crippen molar-refractivity contribution in [1.82, 2.24) is 4.00 Å². The average Bonchev–Trinajstić information content (AvgIpc) is 2.85. The molecule has 1 N–H and O–H groups in total. The molecular formula is C10H11N4O5S+. The van der Waals surface area contributed by atoms with E-state index in [1.165, 1.54) is 24.3 Å². The minimum absolute atomic E-state index is 0.0111. The van der Waals surface area contributed by atoms with Crippen LogP contribution in [0.4, 0.5) is 5.69 Å². The molecule has 0 aliphatic carbocycles. The van der Waals surface area contributed by atoms with Crippen LogP contribution in [0, 0.1) is 0 Å². The van der Waals surface area contributed by atoms with Crippen LogP contribution in [-0.4, -0.2) is 31.4 Å². The second-order valence-electron chi connectivity index (χ2n) is 3.68. The lowest BCUT2D eigenvalue weighted by Crippen LogP contribution is -2.55. The first-order chi connectivity index (χ1) is 9.43. The summed E-state index contributed by atoms with van der Waals surface area (Å²) in [7, 11) is -4.88. The molecule has 0 radical (unpaired) electrons. The SMILES string of the molecule is CCOC(=O)C1=NN=N[N+]1(c1ccccc1)S(=O)(=O)O. The third-order valence-electron chi connectivity index (χ3n) is 2.49. The number of hydrogen-bond acceptors (Lipinski definition) is 7. The highest BCUT2D eigenvalue weighted by molar-refractivity contribution is 7.86. The van der Waals surface area contributed by atoms with E-state index in [2.05, 4.69) is 15.5 Å². The minimum Gasteiger partial charge on any atom is -0.457 e. The number of benzene rings is 1. The summed E-state index contributed by atoms with van der Waals surface area (Å²) >= 11 is 0. The fourth-order valence-corrected chi connectivity index (χ4v) is 2.52. The summed E-state index contributed by atoms with van der Waals surface area (Å²) in [5.74, 6) is -1.68. The smallest absolute Gasteiger partial charge is 0.457 e. The van der Waals surface area contributed by atoms with Crippen LogP contribution in [0.25, 0.3) is 0 Å². The molecule has 1 aliphatic heterocycles. The van der Waals surface area contributed by atoms with Gasteiger partial charge in [-0.05, 0) is 6.92 Å². The first kappa shape index (κ1) is 14.2. The summed E-state index contributed by atoms with van der Waals surface area (Å²) in [6, 6.07) is 7.42. The lowest BCUT2D eigenvalue weighted by atomic mass is 10.3. The number of rotatable bonds is 4. The van der Waals surface area contributed by atoms with Gasteiger partial charge in [-0.25, -0.2) is 9.35 Å². The van der Waals surface area contributed by atoms with Crippen molar-refractivity contribution < 1.29 is 22.5 Å². The minimum atomic E-state index is -4.88. The van der Waals surface area contributed by atoms with Crippen LogP contribution in [0.3, 0.4) is 0 Å². The van der Waals surface area contributed by atoms with E-state index in [4.69, 9.17) is 4.74 Å². The van der Waals surface area contributed by atoms with Gasteiger partial charge in [0.1, 0.15) is 0 Å². The Morgan fingerprint density at radius 2 is 2.00 bits per heavy atom. The van der Waals surface area contributed by atoms with E-state index in [-0.39, 0.29) is 12.3 Å². The predicted molar refractivity (Wildman–Crippen MR) is 68.7 cm³/mol. The average molecular weight is 299 g/mol. The van der Waals surface area contributed by atoms with Gasteiger partial charge < -0.3 is 4.74 Å². The molecule has 0 spiro atoms. The number of nitrogens with zero attached hydrogens (tertiary/aromatic N) is 4. The molecule has 1 heterocycles. The molecule has 1 atom stereocenters. The van der Waals surface area contributed by atoms with E-state index in [0.717, 1.165) is 0 Å². The number of esters is 1. The first-order valence-corrected chi connectivity index (χ1v) is 6.93. The lowest BCUT2D eigenvalue weighted by molar-refractivity contribution is -0.135. The van der Waals surface area contributed by atoms with Crippen LogP contribution in [0.1, 0.15) is 6.92 Å². The Morgan fingerprint density at radius 3 is 2.55 bits per heavy atom. The molecule has 20 heavy (non-hydrogen) atoms. The standard InChI is InChI=1S/C10H10N4O5S/c1-2-19-10(15)9-11-12-13-14(9,20(16,17)18)8-6-4-3-5-7-8/h3-7H,2H2,1H3/p+1. The highest BCUT2D eigenvalue weighted by atomic mass is 32.2. The summed E-state index contributed by atoms with van der Waals surface area (Å²) in [4.78, 5) is 11.8. The molecule has 2 rings (SSSR count). The summed E-state index contributed by atoms with van der Waals surface area (Å²) in [5.41, 5.74) is -0.0111. The fraction of sp³-hybridized carbons (Fsp3) is 0.200. The molecule has 1 aromatic rings. The van der Waals surface area contributed by atoms with Gasteiger partial charge in [-0.2, -0.15) is 0 Å². The van der Waals surface area contributed by atoms with Gasteiger partial charge in [-0.3, -0.25) is 0 Å². The molecule has 1 aromatic carbocycles. The Kier molecular flexibility index (Phi) is 3.61. The first-order valence-electron chi connectivity index (χ1n) is 5.53. The normalized spacial score (nSPS) is 21.6. The van der Waals surface area contributed by atoms with Gasteiger partial charge in [-0.1, -0.05) is 23.3 Å². The van der Waals surface area contributed by atoms with E-state index in [1.54, 1.807) is 13.0 Å². The van der Waals surface area contributed by atoms with Crippen molar-refractivity contribution in [2.24, 2.45) is 15.5 Å². The Labute approximate surface area is 114 Å². The van der Waals surface area contributed by atoms with Gasteiger partial charge in [0.25, 0.3) is 0 Å². The van der Waals surface area contributed by atoms with E-state index in [1.807, 2.05) is 0 Å². The number of quaternary nitrogens is 1. The number of hydrogen-bond donors (Lipinski definition) is 1. The monoisotopic (exact) mass is 299 g/mol. The Bertz CT molecular complexity index is 685. The van der Waals surface area contributed by atoms with Crippen LogP contribution in [-0.2, 0) is 19.8 Å². The molecule has 0 saturated heterocycles. The largest absolute Gasteiger partial charge is 0.471 e. The molecule has 0 bridgehead atoms. The molecule has 106 valence electrons. The van der Waals surface area contributed by atoms with Gasteiger partial charge in [0, 0.05) is 21.4 Å². The highest BCUT2D eigenvalue weighted by Crippen LogP contribution is 2.32. The van der Waals surface area contributed by atoms with Gasteiger partial charge in [0.2, 0.25) is 0 Å². The van der Waals surface area contributed by atoms with Crippen molar-refractivity contribution in [2.45, 2.75) is 6.92 Å². The maximum atomic E-state index is 11.8. The summed E-state index contributed by atoms with van der Waals surface area (Å²) in [5, 5.41) is 10.0. The van der Waals surface area contributed by atoms with Crippen LogP contribution in [0.5, 0.6) is 0 Å². The number of carbonyl (C=O) groups is 1. The van der Waals surface area contributed by atoms with Gasteiger partial charge in [0.15, 0.2) is 5.69 Å². The molecule has 1 aliphatic rings. The number of para-hydroxylation sites is 1. The number of amidine groups is 1. The molecular weight excluding hydrogens is 288 g/mol. The summed E-state index contributed by atoms with van der Waals surface area (Å²) in [6.07, 6.45) is 0. The molecule has 0 saturated carbocycles. The van der Waals surface area contributed by atoms with Gasteiger partial charge in [-0.15, -0.1) is 8.42 Å². The predicted octanol–water partition coefficient (Wildman–Crippen LogP) is 1.05. The molecule has 0 fully saturated rings. The van der Waals surface area contributed by atoms with Crippen LogP contribution in [0.2, 0.25) is 0 Å². The van der Waals surface area contributed by atoms with Crippen LogP contribution in [0.15, 0.2) is 45.9 Å². The van der Waals surface area contributed by atoms with Crippen molar-refractivity contribution >= 4 is 27.8 Å². The lowest BCUT2D eigenvalue weighted by Gasteiger charge is -2.20.